The van der Waals surface area contributed by atoms with E-state index in [1.807, 2.05) is 19.1 Å². The van der Waals surface area contributed by atoms with Gasteiger partial charge in [-0.2, -0.15) is 0 Å². The second-order valence-electron chi connectivity index (χ2n) is 5.60. The number of thiocarbonyl (C=S) groups is 1. The van der Waals surface area contributed by atoms with Gasteiger partial charge >= 0.3 is 0 Å². The highest BCUT2D eigenvalue weighted by atomic mass is 32.1. The lowest BCUT2D eigenvalue weighted by atomic mass is 10.1. The number of carbonyl (C=O) groups excluding carboxylic acids is 2. The van der Waals surface area contributed by atoms with Gasteiger partial charge in [0, 0.05) is 5.56 Å². The zero-order valence-corrected chi connectivity index (χ0v) is 15.7. The molecule has 27 heavy (non-hydrogen) atoms. The van der Waals surface area contributed by atoms with Crippen LogP contribution in [-0.2, 0) is 9.59 Å². The number of ether oxygens (including phenoxy) is 2. The zero-order valence-electron chi connectivity index (χ0n) is 14.9. The summed E-state index contributed by atoms with van der Waals surface area (Å²) in [7, 11) is 1.50. The van der Waals surface area contributed by atoms with Crippen molar-refractivity contribution in [3.8, 4) is 11.5 Å². The molecule has 1 aliphatic rings. The minimum atomic E-state index is -0.553. The molecular weight excluding hydrogens is 364 g/mol. The van der Waals surface area contributed by atoms with Gasteiger partial charge in [-0.05, 0) is 43.4 Å². The molecule has 0 spiro atoms. The molecule has 0 atom stereocenters. The third-order valence-electron chi connectivity index (χ3n) is 3.95. The van der Waals surface area contributed by atoms with E-state index in [2.05, 4.69) is 5.32 Å². The standard InChI is InChI=1S/C20H18N2O4S/c1-3-26-16-10-6-4-8-13(16)12-14-18(23)21-20(27)22(19(14)24)15-9-5-7-11-17(15)25-2/h4-12H,3H2,1-2H3,(H,21,23,27)/b14-12+. The van der Waals surface area contributed by atoms with Crippen LogP contribution >= 0.6 is 12.2 Å². The van der Waals surface area contributed by atoms with Crippen LogP contribution in [0.5, 0.6) is 11.5 Å². The fourth-order valence-corrected chi connectivity index (χ4v) is 3.01. The lowest BCUT2D eigenvalue weighted by molar-refractivity contribution is -0.122. The second kappa shape index (κ2) is 8.01. The van der Waals surface area contributed by atoms with E-state index < -0.39 is 11.8 Å². The molecule has 1 saturated heterocycles. The Bertz CT molecular complexity index is 939. The Morgan fingerprint density at radius 2 is 1.74 bits per heavy atom. The quantitative estimate of drug-likeness (QED) is 0.489. The molecule has 6 nitrogen and oxygen atoms in total. The molecular formula is C20H18N2O4S. The van der Waals surface area contributed by atoms with Gasteiger partial charge in [0.05, 0.1) is 19.4 Å². The number of benzene rings is 2. The predicted molar refractivity (Wildman–Crippen MR) is 107 cm³/mol. The van der Waals surface area contributed by atoms with Gasteiger partial charge in [0.15, 0.2) is 5.11 Å². The van der Waals surface area contributed by atoms with Crippen molar-refractivity contribution >= 4 is 40.9 Å². The first-order valence-corrected chi connectivity index (χ1v) is 8.74. The molecule has 0 bridgehead atoms. The van der Waals surface area contributed by atoms with E-state index in [4.69, 9.17) is 21.7 Å². The van der Waals surface area contributed by atoms with Crippen molar-refractivity contribution in [1.29, 1.82) is 0 Å². The maximum Gasteiger partial charge on any atom is 0.270 e. The Balaban J connectivity index is 2.06. The summed E-state index contributed by atoms with van der Waals surface area (Å²) in [6.45, 7) is 2.34. The smallest absolute Gasteiger partial charge is 0.270 e. The van der Waals surface area contributed by atoms with Crippen LogP contribution in [0.3, 0.4) is 0 Å². The van der Waals surface area contributed by atoms with Crippen molar-refractivity contribution in [3.05, 3.63) is 59.7 Å². The van der Waals surface area contributed by atoms with E-state index in [9.17, 15) is 9.59 Å². The van der Waals surface area contributed by atoms with Gasteiger partial charge in [-0.25, -0.2) is 4.90 Å². The molecule has 1 heterocycles. The highest BCUT2D eigenvalue weighted by Gasteiger charge is 2.35. The number of anilines is 1. The summed E-state index contributed by atoms with van der Waals surface area (Å²) in [6, 6.07) is 14.2. The molecule has 2 aromatic rings. The molecule has 3 rings (SSSR count). The van der Waals surface area contributed by atoms with Crippen LogP contribution < -0.4 is 19.7 Å². The highest BCUT2D eigenvalue weighted by Crippen LogP contribution is 2.31. The maximum absolute atomic E-state index is 13.1. The van der Waals surface area contributed by atoms with Crippen LogP contribution in [0.15, 0.2) is 54.1 Å². The lowest BCUT2D eigenvalue weighted by Gasteiger charge is -2.29. The topological polar surface area (TPSA) is 67.9 Å². The fraction of sp³-hybridized carbons (Fsp3) is 0.150. The summed E-state index contributed by atoms with van der Waals surface area (Å²) in [5.74, 6) is -0.0227. The molecule has 0 unspecified atom stereocenters. The molecule has 1 N–H and O–H groups in total. The summed E-state index contributed by atoms with van der Waals surface area (Å²) in [5, 5.41) is 2.57. The van der Waals surface area contributed by atoms with Crippen LogP contribution in [0.1, 0.15) is 12.5 Å². The Morgan fingerprint density at radius 3 is 2.44 bits per heavy atom. The lowest BCUT2D eigenvalue weighted by Crippen LogP contribution is -2.54. The van der Waals surface area contributed by atoms with Gasteiger partial charge in [0.1, 0.15) is 17.1 Å². The molecule has 0 saturated carbocycles. The number of nitrogens with one attached hydrogen (secondary N) is 1. The number of hydrogen-bond acceptors (Lipinski definition) is 5. The van der Waals surface area contributed by atoms with Crippen molar-refractivity contribution in [2.24, 2.45) is 0 Å². The van der Waals surface area contributed by atoms with E-state index in [0.717, 1.165) is 0 Å². The Labute approximate surface area is 162 Å². The van der Waals surface area contributed by atoms with Gasteiger partial charge in [0.2, 0.25) is 0 Å². The van der Waals surface area contributed by atoms with Crippen LogP contribution in [0.2, 0.25) is 0 Å². The Hall–Kier alpha value is -3.19. The number of methoxy groups -OCH3 is 1. The van der Waals surface area contributed by atoms with E-state index >= 15 is 0 Å². The Morgan fingerprint density at radius 1 is 1.07 bits per heavy atom. The number of carbonyl (C=O) groups is 2. The number of para-hydroxylation sites is 3. The van der Waals surface area contributed by atoms with Gasteiger partial charge in [0.25, 0.3) is 11.8 Å². The van der Waals surface area contributed by atoms with Crippen molar-refractivity contribution in [2.75, 3.05) is 18.6 Å². The van der Waals surface area contributed by atoms with Crippen LogP contribution in [0, 0.1) is 0 Å². The number of rotatable bonds is 5. The third kappa shape index (κ3) is 3.68. The summed E-state index contributed by atoms with van der Waals surface area (Å²) in [6.07, 6.45) is 1.51. The molecule has 0 aromatic heterocycles. The molecule has 1 aliphatic heterocycles. The summed E-state index contributed by atoms with van der Waals surface area (Å²) in [5.41, 5.74) is 1.05. The average molecular weight is 382 g/mol. The van der Waals surface area contributed by atoms with E-state index in [0.29, 0.717) is 29.4 Å². The molecule has 7 heteroatoms. The number of hydrogen-bond donors (Lipinski definition) is 1. The zero-order chi connectivity index (χ0) is 19.4. The SMILES string of the molecule is CCOc1ccccc1/C=C1\C(=O)NC(=S)N(c2ccccc2OC)C1=O. The maximum atomic E-state index is 13.1. The van der Waals surface area contributed by atoms with Gasteiger partial charge in [-0.15, -0.1) is 0 Å². The van der Waals surface area contributed by atoms with Crippen LogP contribution in [0.25, 0.3) is 6.08 Å². The first kappa shape index (κ1) is 18.6. The molecule has 2 amide bonds. The number of amides is 2. The summed E-state index contributed by atoms with van der Waals surface area (Å²) < 4.78 is 10.9. The van der Waals surface area contributed by atoms with Crippen LogP contribution in [-0.4, -0.2) is 30.6 Å². The second-order valence-corrected chi connectivity index (χ2v) is 5.99. The van der Waals surface area contributed by atoms with Crippen LogP contribution in [0.4, 0.5) is 5.69 Å². The highest BCUT2D eigenvalue weighted by molar-refractivity contribution is 7.80. The van der Waals surface area contributed by atoms with E-state index in [1.165, 1.54) is 18.1 Å². The van der Waals surface area contributed by atoms with Crippen molar-refractivity contribution < 1.29 is 19.1 Å². The van der Waals surface area contributed by atoms with E-state index in [1.54, 1.807) is 36.4 Å². The van der Waals surface area contributed by atoms with Crippen molar-refractivity contribution in [1.82, 2.24) is 5.32 Å². The van der Waals surface area contributed by atoms with E-state index in [-0.39, 0.29) is 10.7 Å². The molecule has 2 aromatic carbocycles. The summed E-state index contributed by atoms with van der Waals surface area (Å²) in [4.78, 5) is 26.8. The monoisotopic (exact) mass is 382 g/mol. The molecule has 138 valence electrons. The van der Waals surface area contributed by atoms with Crippen molar-refractivity contribution in [3.63, 3.8) is 0 Å². The number of nitrogens with zero attached hydrogens (tertiary/aromatic N) is 1. The predicted octanol–water partition coefficient (Wildman–Crippen LogP) is 2.93. The first-order chi connectivity index (χ1) is 13.1. The average Bonchev–Trinajstić information content (AvgIpc) is 2.67. The fourth-order valence-electron chi connectivity index (χ4n) is 2.73. The van der Waals surface area contributed by atoms with Gasteiger partial charge in [-0.1, -0.05) is 30.3 Å². The van der Waals surface area contributed by atoms with Gasteiger partial charge < -0.3 is 9.47 Å². The largest absolute Gasteiger partial charge is 0.495 e. The van der Waals surface area contributed by atoms with Crippen molar-refractivity contribution in [2.45, 2.75) is 6.92 Å². The van der Waals surface area contributed by atoms with Gasteiger partial charge in [-0.3, -0.25) is 14.9 Å². The first-order valence-electron chi connectivity index (χ1n) is 8.33. The minimum absolute atomic E-state index is 0.00439. The summed E-state index contributed by atoms with van der Waals surface area (Å²) >= 11 is 5.22. The normalized spacial score (nSPS) is 15.7. The molecule has 1 fully saturated rings. The third-order valence-corrected chi connectivity index (χ3v) is 4.23. The Kier molecular flexibility index (Phi) is 5.52. The minimum Gasteiger partial charge on any atom is -0.495 e. The molecule has 0 aliphatic carbocycles. The molecule has 0 radical (unpaired) electrons.